The van der Waals surface area contributed by atoms with Gasteiger partial charge in [0.25, 0.3) is 5.69 Å². The zero-order valence-electron chi connectivity index (χ0n) is 16.6. The fourth-order valence-electron chi connectivity index (χ4n) is 4.58. The summed E-state index contributed by atoms with van der Waals surface area (Å²) in [5, 5.41) is 14.4. The fourth-order valence-corrected chi connectivity index (χ4v) is 4.58. The molecule has 2 aliphatic heterocycles. The molecule has 2 atom stereocenters. The van der Waals surface area contributed by atoms with Crippen LogP contribution in [0.25, 0.3) is 0 Å². The van der Waals surface area contributed by atoms with E-state index in [2.05, 4.69) is 25.1 Å². The lowest BCUT2D eigenvalue weighted by atomic mass is 9.83. The zero-order valence-corrected chi connectivity index (χ0v) is 16.6. The van der Waals surface area contributed by atoms with E-state index in [1.54, 1.807) is 30.7 Å². The Hall–Kier alpha value is -3.23. The van der Waals surface area contributed by atoms with Gasteiger partial charge in [0.15, 0.2) is 0 Å². The van der Waals surface area contributed by atoms with Crippen molar-refractivity contribution in [3.05, 3.63) is 52.5 Å². The number of nitrogens with one attached hydrogen (secondary N) is 1. The summed E-state index contributed by atoms with van der Waals surface area (Å²) in [5.41, 5.74) is 1.94. The molecule has 0 unspecified atom stereocenters. The molecule has 30 heavy (non-hydrogen) atoms. The minimum atomic E-state index is -0.374. The van der Waals surface area contributed by atoms with Crippen LogP contribution >= 0.6 is 0 Å². The molecular formula is C21H24N6O3. The van der Waals surface area contributed by atoms with Gasteiger partial charge in [-0.3, -0.25) is 19.9 Å². The van der Waals surface area contributed by atoms with Crippen molar-refractivity contribution in [3.8, 4) is 0 Å². The third-order valence-electron chi connectivity index (χ3n) is 6.38. The Bertz CT molecular complexity index is 964. The van der Waals surface area contributed by atoms with Gasteiger partial charge in [0.2, 0.25) is 5.91 Å². The van der Waals surface area contributed by atoms with Gasteiger partial charge in [0.05, 0.1) is 23.1 Å². The van der Waals surface area contributed by atoms with Crippen LogP contribution in [0, 0.1) is 22.0 Å². The monoisotopic (exact) mass is 408 g/mol. The van der Waals surface area contributed by atoms with E-state index in [1.165, 1.54) is 12.8 Å². The van der Waals surface area contributed by atoms with Crippen molar-refractivity contribution in [3.63, 3.8) is 0 Å². The highest BCUT2D eigenvalue weighted by atomic mass is 16.6. The van der Waals surface area contributed by atoms with Crippen molar-refractivity contribution in [1.29, 1.82) is 0 Å². The molecule has 2 fully saturated rings. The number of carbonyl (C=O) groups is 1. The Balaban J connectivity index is 1.45. The van der Waals surface area contributed by atoms with Gasteiger partial charge in [-0.1, -0.05) is 0 Å². The van der Waals surface area contributed by atoms with E-state index in [4.69, 9.17) is 0 Å². The minimum absolute atomic E-state index is 0.0195. The molecule has 9 nitrogen and oxygen atoms in total. The van der Waals surface area contributed by atoms with Crippen LogP contribution in [0.15, 0.2) is 36.8 Å². The van der Waals surface area contributed by atoms with E-state index in [9.17, 15) is 14.9 Å². The molecule has 3 aliphatic rings. The second-order valence-electron chi connectivity index (χ2n) is 8.34. The Labute approximate surface area is 174 Å². The Morgan fingerprint density at radius 3 is 2.87 bits per heavy atom. The van der Waals surface area contributed by atoms with Crippen LogP contribution in [0.1, 0.15) is 18.4 Å². The van der Waals surface area contributed by atoms with E-state index >= 15 is 0 Å². The van der Waals surface area contributed by atoms with Crippen LogP contribution in [0.2, 0.25) is 0 Å². The standard InChI is InChI=1S/C21H24N6O3/c28-21(24-11-14-1-2-14)17-10-15-9-16(27(29)30)3-4-18(15)26-8-7-25(13-19(17)26)20-12-22-5-6-23-20/h3-6,9,12,14,17,19H,1-2,7-8,10-11,13H2,(H,24,28)/t17-,19-/m0/s1. The molecule has 9 heteroatoms. The van der Waals surface area contributed by atoms with Crippen molar-refractivity contribution in [2.45, 2.75) is 25.3 Å². The Morgan fingerprint density at radius 1 is 1.27 bits per heavy atom. The molecule has 1 saturated heterocycles. The van der Waals surface area contributed by atoms with Gasteiger partial charge in [0, 0.05) is 56.4 Å². The molecule has 2 aromatic rings. The van der Waals surface area contributed by atoms with Crippen LogP contribution < -0.4 is 15.1 Å². The first-order valence-corrected chi connectivity index (χ1v) is 10.4. The Morgan fingerprint density at radius 2 is 2.13 bits per heavy atom. The first kappa shape index (κ1) is 18.8. The summed E-state index contributed by atoms with van der Waals surface area (Å²) in [6, 6.07) is 4.99. The summed E-state index contributed by atoms with van der Waals surface area (Å²) < 4.78 is 0. The van der Waals surface area contributed by atoms with E-state index in [-0.39, 0.29) is 28.5 Å². The summed E-state index contributed by atoms with van der Waals surface area (Å²) in [4.78, 5) is 37.0. The first-order valence-electron chi connectivity index (χ1n) is 10.4. The number of fused-ring (bicyclic) bond motifs is 3. The lowest BCUT2D eigenvalue weighted by Gasteiger charge is -2.49. The molecule has 1 saturated carbocycles. The maximum atomic E-state index is 13.1. The molecule has 1 N–H and O–H groups in total. The van der Waals surface area contributed by atoms with Gasteiger partial charge in [-0.15, -0.1) is 0 Å². The van der Waals surface area contributed by atoms with Crippen LogP contribution in [-0.4, -0.2) is 53.0 Å². The molecule has 1 aliphatic carbocycles. The molecule has 0 bridgehead atoms. The third kappa shape index (κ3) is 3.55. The van der Waals surface area contributed by atoms with E-state index in [0.29, 0.717) is 18.9 Å². The number of rotatable bonds is 5. The van der Waals surface area contributed by atoms with E-state index in [1.807, 2.05) is 6.07 Å². The highest BCUT2D eigenvalue weighted by molar-refractivity contribution is 5.82. The number of nitrogens with zero attached hydrogens (tertiary/aromatic N) is 5. The summed E-state index contributed by atoms with van der Waals surface area (Å²) in [7, 11) is 0. The number of piperazine rings is 1. The first-order chi connectivity index (χ1) is 14.6. The number of carbonyl (C=O) groups excluding carboxylic acids is 1. The molecule has 3 heterocycles. The quantitative estimate of drug-likeness (QED) is 0.594. The molecule has 0 spiro atoms. The maximum absolute atomic E-state index is 13.1. The van der Waals surface area contributed by atoms with Crippen LogP contribution in [0.5, 0.6) is 0 Å². The SMILES string of the molecule is O=C(NCC1CC1)[C@H]1Cc2cc([N+](=O)[O-])ccc2N2CCN(c3cnccn3)C[C@@H]12. The topological polar surface area (TPSA) is 104 Å². The smallest absolute Gasteiger partial charge is 0.269 e. The molecule has 1 aromatic heterocycles. The largest absolute Gasteiger partial charge is 0.364 e. The number of amides is 1. The van der Waals surface area contributed by atoms with Crippen molar-refractivity contribution in [2.75, 3.05) is 36.0 Å². The van der Waals surface area contributed by atoms with E-state index < -0.39 is 0 Å². The lowest BCUT2D eigenvalue weighted by Crippen LogP contribution is -2.61. The molecule has 5 rings (SSSR count). The number of nitro benzene ring substituents is 1. The van der Waals surface area contributed by atoms with Crippen LogP contribution in [-0.2, 0) is 11.2 Å². The van der Waals surface area contributed by atoms with Gasteiger partial charge in [-0.2, -0.15) is 0 Å². The predicted octanol–water partition coefficient (Wildman–Crippen LogP) is 1.78. The summed E-state index contributed by atoms with van der Waals surface area (Å²) in [6.07, 6.45) is 7.93. The number of hydrogen-bond donors (Lipinski definition) is 1. The molecule has 1 amide bonds. The number of aromatic nitrogens is 2. The number of non-ortho nitro benzene ring substituents is 1. The molecule has 1 aromatic carbocycles. The number of nitro groups is 1. The summed E-state index contributed by atoms with van der Waals surface area (Å²) in [5.74, 6) is 1.18. The number of hydrogen-bond acceptors (Lipinski definition) is 7. The van der Waals surface area contributed by atoms with Gasteiger partial charge >= 0.3 is 0 Å². The summed E-state index contributed by atoms with van der Waals surface area (Å²) >= 11 is 0. The second-order valence-corrected chi connectivity index (χ2v) is 8.34. The number of anilines is 2. The van der Waals surface area contributed by atoms with Gasteiger partial charge in [-0.05, 0) is 36.8 Å². The average Bonchev–Trinajstić information content (AvgIpc) is 3.61. The van der Waals surface area contributed by atoms with Crippen molar-refractivity contribution >= 4 is 23.1 Å². The normalized spacial score (nSPS) is 22.8. The molecule has 0 radical (unpaired) electrons. The van der Waals surface area contributed by atoms with Gasteiger partial charge in [-0.25, -0.2) is 4.98 Å². The van der Waals surface area contributed by atoms with E-state index in [0.717, 1.165) is 36.7 Å². The minimum Gasteiger partial charge on any atom is -0.364 e. The molecular weight excluding hydrogens is 384 g/mol. The van der Waals surface area contributed by atoms with Gasteiger partial charge < -0.3 is 15.1 Å². The Kier molecular flexibility index (Phi) is 4.72. The lowest BCUT2D eigenvalue weighted by molar-refractivity contribution is -0.384. The van der Waals surface area contributed by atoms with Crippen LogP contribution in [0.4, 0.5) is 17.2 Å². The van der Waals surface area contributed by atoms with Crippen LogP contribution in [0.3, 0.4) is 0 Å². The van der Waals surface area contributed by atoms with Crippen molar-refractivity contribution in [1.82, 2.24) is 15.3 Å². The van der Waals surface area contributed by atoms with Crippen molar-refractivity contribution < 1.29 is 9.72 Å². The second kappa shape index (κ2) is 7.55. The zero-order chi connectivity index (χ0) is 20.7. The van der Waals surface area contributed by atoms with Gasteiger partial charge in [0.1, 0.15) is 5.82 Å². The maximum Gasteiger partial charge on any atom is 0.269 e. The predicted molar refractivity (Wildman–Crippen MR) is 111 cm³/mol. The highest BCUT2D eigenvalue weighted by Gasteiger charge is 2.42. The third-order valence-corrected chi connectivity index (χ3v) is 6.38. The molecule has 156 valence electrons. The summed E-state index contributed by atoms with van der Waals surface area (Å²) in [6.45, 7) is 2.86. The fraction of sp³-hybridized carbons (Fsp3) is 0.476. The highest BCUT2D eigenvalue weighted by Crippen LogP contribution is 2.38. The van der Waals surface area contributed by atoms with Crippen molar-refractivity contribution in [2.24, 2.45) is 11.8 Å². The number of benzene rings is 1. The average molecular weight is 408 g/mol.